The van der Waals surface area contributed by atoms with Gasteiger partial charge in [0.05, 0.1) is 0 Å². The van der Waals surface area contributed by atoms with Crippen molar-refractivity contribution in [3.8, 4) is 0 Å². The van der Waals surface area contributed by atoms with Crippen LogP contribution in [0.15, 0.2) is 18.2 Å². The van der Waals surface area contributed by atoms with Crippen molar-refractivity contribution in [1.82, 2.24) is 5.32 Å². The van der Waals surface area contributed by atoms with Crippen LogP contribution < -0.4 is 11.1 Å². The third-order valence-corrected chi connectivity index (χ3v) is 3.11. The predicted octanol–water partition coefficient (Wildman–Crippen LogP) is 2.36. The monoisotopic (exact) mass is 276 g/mol. The number of hydrogen-bond acceptors (Lipinski definition) is 3. The highest BCUT2D eigenvalue weighted by atomic mass is 35.5. The Kier molecular flexibility index (Phi) is 6.85. The lowest BCUT2D eigenvalue weighted by Gasteiger charge is -2.18. The van der Waals surface area contributed by atoms with Crippen LogP contribution in [0.5, 0.6) is 0 Å². The normalized spacial score (nSPS) is 12.7. The molecule has 1 unspecified atom stereocenters. The number of rotatable bonds is 7. The van der Waals surface area contributed by atoms with Crippen LogP contribution in [0.3, 0.4) is 0 Å². The zero-order valence-electron chi connectivity index (χ0n) is 9.63. The van der Waals surface area contributed by atoms with Crippen molar-refractivity contribution in [2.45, 2.75) is 18.9 Å². The van der Waals surface area contributed by atoms with E-state index >= 15 is 0 Å². The van der Waals surface area contributed by atoms with Crippen molar-refractivity contribution in [2.24, 2.45) is 5.73 Å². The first-order valence-corrected chi connectivity index (χ1v) is 6.44. The first kappa shape index (κ1) is 14.7. The minimum atomic E-state index is 0.0264. The van der Waals surface area contributed by atoms with E-state index in [4.69, 9.17) is 34.0 Å². The molecule has 5 heteroatoms. The highest BCUT2D eigenvalue weighted by molar-refractivity contribution is 6.35. The zero-order valence-corrected chi connectivity index (χ0v) is 11.1. The van der Waals surface area contributed by atoms with Gasteiger partial charge in [-0.15, -0.1) is 0 Å². The Hall–Kier alpha value is -0.320. The average Bonchev–Trinajstić information content (AvgIpc) is 2.31. The maximum absolute atomic E-state index is 8.69. The topological polar surface area (TPSA) is 58.3 Å². The lowest BCUT2D eigenvalue weighted by atomic mass is 10.1. The molecule has 4 N–H and O–H groups in total. The summed E-state index contributed by atoms with van der Waals surface area (Å²) in [5.74, 6) is 0. The van der Waals surface area contributed by atoms with Gasteiger partial charge in [0.15, 0.2) is 0 Å². The second kappa shape index (κ2) is 7.90. The van der Waals surface area contributed by atoms with Gasteiger partial charge in [-0.05, 0) is 37.1 Å². The van der Waals surface area contributed by atoms with Gasteiger partial charge in [0, 0.05) is 29.2 Å². The van der Waals surface area contributed by atoms with Crippen LogP contribution in [0.1, 0.15) is 24.4 Å². The van der Waals surface area contributed by atoms with Crippen molar-refractivity contribution in [2.75, 3.05) is 19.7 Å². The molecule has 0 aromatic heterocycles. The quantitative estimate of drug-likeness (QED) is 0.670. The molecule has 1 atom stereocenters. The molecule has 96 valence electrons. The van der Waals surface area contributed by atoms with E-state index < -0.39 is 0 Å². The van der Waals surface area contributed by atoms with Crippen LogP contribution in [0, 0.1) is 0 Å². The van der Waals surface area contributed by atoms with Gasteiger partial charge in [0.1, 0.15) is 0 Å². The predicted molar refractivity (Wildman–Crippen MR) is 72.6 cm³/mol. The van der Waals surface area contributed by atoms with Crippen LogP contribution in [0.4, 0.5) is 0 Å². The molecule has 0 fully saturated rings. The minimum Gasteiger partial charge on any atom is -0.396 e. The van der Waals surface area contributed by atoms with Crippen molar-refractivity contribution in [1.29, 1.82) is 0 Å². The molecule has 17 heavy (non-hydrogen) atoms. The van der Waals surface area contributed by atoms with Crippen molar-refractivity contribution in [3.05, 3.63) is 33.8 Å². The van der Waals surface area contributed by atoms with E-state index in [1.807, 2.05) is 6.07 Å². The van der Waals surface area contributed by atoms with E-state index in [0.717, 1.165) is 24.9 Å². The maximum atomic E-state index is 8.69. The molecule has 0 radical (unpaired) electrons. The molecule has 0 aliphatic heterocycles. The highest BCUT2D eigenvalue weighted by Gasteiger charge is 2.12. The number of halogens is 2. The molecular formula is C12H18Cl2N2O. The third kappa shape index (κ3) is 4.82. The van der Waals surface area contributed by atoms with Gasteiger partial charge in [0.2, 0.25) is 0 Å². The number of aliphatic hydroxyl groups excluding tert-OH is 1. The molecule has 0 amide bonds. The van der Waals surface area contributed by atoms with Gasteiger partial charge >= 0.3 is 0 Å². The Labute approximate surface area is 112 Å². The fourth-order valence-corrected chi connectivity index (χ4v) is 2.16. The number of benzene rings is 1. The molecule has 1 aromatic rings. The first-order valence-electron chi connectivity index (χ1n) is 5.68. The molecule has 0 saturated heterocycles. The Morgan fingerprint density at radius 3 is 2.65 bits per heavy atom. The molecule has 0 heterocycles. The lowest BCUT2D eigenvalue weighted by Crippen LogP contribution is -2.29. The maximum Gasteiger partial charge on any atom is 0.0469 e. The highest BCUT2D eigenvalue weighted by Crippen LogP contribution is 2.25. The minimum absolute atomic E-state index is 0.0264. The van der Waals surface area contributed by atoms with Gasteiger partial charge in [-0.25, -0.2) is 0 Å². The van der Waals surface area contributed by atoms with Crippen molar-refractivity contribution < 1.29 is 5.11 Å². The molecule has 0 bridgehead atoms. The summed E-state index contributed by atoms with van der Waals surface area (Å²) in [6, 6.07) is 5.44. The van der Waals surface area contributed by atoms with Gasteiger partial charge in [-0.1, -0.05) is 29.3 Å². The number of aliphatic hydroxyl groups is 1. The fourth-order valence-electron chi connectivity index (χ4n) is 1.62. The van der Waals surface area contributed by atoms with E-state index in [1.165, 1.54) is 0 Å². The molecule has 0 aliphatic rings. The fraction of sp³-hybridized carbons (Fsp3) is 0.500. The molecular weight excluding hydrogens is 259 g/mol. The van der Waals surface area contributed by atoms with Gasteiger partial charge < -0.3 is 16.2 Å². The number of nitrogens with two attached hydrogens (primary N) is 1. The molecule has 1 aromatic carbocycles. The molecule has 1 rings (SSSR count). The van der Waals surface area contributed by atoms with Crippen LogP contribution in [-0.4, -0.2) is 24.8 Å². The van der Waals surface area contributed by atoms with Crippen molar-refractivity contribution >= 4 is 23.2 Å². The summed E-state index contributed by atoms with van der Waals surface area (Å²) < 4.78 is 0. The summed E-state index contributed by atoms with van der Waals surface area (Å²) in [7, 11) is 0. The molecule has 0 saturated carbocycles. The number of nitrogens with one attached hydrogen (secondary N) is 1. The molecule has 0 spiro atoms. The second-order valence-corrected chi connectivity index (χ2v) is 4.68. The Morgan fingerprint density at radius 2 is 2.06 bits per heavy atom. The largest absolute Gasteiger partial charge is 0.396 e. The Balaban J connectivity index is 2.59. The van der Waals surface area contributed by atoms with E-state index in [2.05, 4.69) is 5.32 Å². The first-order chi connectivity index (χ1) is 8.19. The summed E-state index contributed by atoms with van der Waals surface area (Å²) in [4.78, 5) is 0. The zero-order chi connectivity index (χ0) is 12.7. The van der Waals surface area contributed by atoms with E-state index in [-0.39, 0.29) is 12.6 Å². The smallest absolute Gasteiger partial charge is 0.0469 e. The summed E-state index contributed by atoms with van der Waals surface area (Å²) in [5, 5.41) is 13.3. The standard InChI is InChI=1S/C12H18Cl2N2O/c13-9-3-4-10(11(14)7-9)12(8-15)16-5-1-2-6-17/h3-4,7,12,16-17H,1-2,5-6,8,15H2. The van der Waals surface area contributed by atoms with E-state index in [9.17, 15) is 0 Å². The second-order valence-electron chi connectivity index (χ2n) is 3.84. The van der Waals surface area contributed by atoms with Crippen LogP contribution >= 0.6 is 23.2 Å². The molecule has 3 nitrogen and oxygen atoms in total. The SMILES string of the molecule is NCC(NCCCCO)c1ccc(Cl)cc1Cl. The van der Waals surface area contributed by atoms with Gasteiger partial charge in [-0.3, -0.25) is 0 Å². The summed E-state index contributed by atoms with van der Waals surface area (Å²) in [5.41, 5.74) is 6.68. The lowest BCUT2D eigenvalue weighted by molar-refractivity contribution is 0.282. The summed E-state index contributed by atoms with van der Waals surface area (Å²) in [6.45, 7) is 1.50. The molecule has 0 aliphatic carbocycles. The van der Waals surface area contributed by atoms with E-state index in [1.54, 1.807) is 12.1 Å². The Morgan fingerprint density at radius 1 is 1.29 bits per heavy atom. The van der Waals surface area contributed by atoms with E-state index in [0.29, 0.717) is 16.6 Å². The third-order valence-electron chi connectivity index (χ3n) is 2.55. The van der Waals surface area contributed by atoms with Gasteiger partial charge in [-0.2, -0.15) is 0 Å². The average molecular weight is 277 g/mol. The summed E-state index contributed by atoms with van der Waals surface area (Å²) >= 11 is 12.0. The van der Waals surface area contributed by atoms with Gasteiger partial charge in [0.25, 0.3) is 0 Å². The van der Waals surface area contributed by atoms with Crippen molar-refractivity contribution in [3.63, 3.8) is 0 Å². The number of hydrogen-bond donors (Lipinski definition) is 3. The van der Waals surface area contributed by atoms with Crippen LogP contribution in [0.2, 0.25) is 10.0 Å². The number of unbranched alkanes of at least 4 members (excludes halogenated alkanes) is 1. The van der Waals surface area contributed by atoms with Crippen LogP contribution in [-0.2, 0) is 0 Å². The Bertz CT molecular complexity index is 347. The summed E-state index contributed by atoms with van der Waals surface area (Å²) in [6.07, 6.45) is 1.71. The van der Waals surface area contributed by atoms with Crippen LogP contribution in [0.25, 0.3) is 0 Å².